The molecular formula is C26H38N6O6S2. The number of benzene rings is 1. The van der Waals surface area contributed by atoms with E-state index in [1.54, 1.807) is 18.0 Å². The van der Waals surface area contributed by atoms with Crippen LogP contribution in [0, 0.1) is 0 Å². The first kappa shape index (κ1) is 33.0. The lowest BCUT2D eigenvalue weighted by Crippen LogP contribution is -2.57. The molecule has 0 fully saturated rings. The predicted molar refractivity (Wildman–Crippen MR) is 158 cm³/mol. The molecule has 4 amide bonds. The second kappa shape index (κ2) is 16.8. The number of aliphatic carboxylic acids is 1. The highest BCUT2D eigenvalue weighted by atomic mass is 32.2. The van der Waals surface area contributed by atoms with Crippen molar-refractivity contribution >= 4 is 64.0 Å². The van der Waals surface area contributed by atoms with Gasteiger partial charge in [-0.1, -0.05) is 18.2 Å². The minimum Gasteiger partial charge on any atom is -0.480 e. The molecule has 4 atom stereocenters. The minimum atomic E-state index is -1.30. The zero-order valence-corrected chi connectivity index (χ0v) is 24.2. The van der Waals surface area contributed by atoms with Crippen molar-refractivity contribution in [3.05, 3.63) is 36.0 Å². The van der Waals surface area contributed by atoms with Crippen molar-refractivity contribution in [1.82, 2.24) is 20.9 Å². The quantitative estimate of drug-likeness (QED) is 0.127. The largest absolute Gasteiger partial charge is 0.480 e. The van der Waals surface area contributed by atoms with E-state index in [-0.39, 0.29) is 25.7 Å². The van der Waals surface area contributed by atoms with Crippen LogP contribution in [0.2, 0.25) is 0 Å². The van der Waals surface area contributed by atoms with Crippen molar-refractivity contribution in [3.63, 3.8) is 0 Å². The van der Waals surface area contributed by atoms with E-state index < -0.39 is 53.8 Å². The number of primary amides is 1. The van der Waals surface area contributed by atoms with Crippen molar-refractivity contribution in [2.24, 2.45) is 11.5 Å². The fourth-order valence-electron chi connectivity index (χ4n) is 3.98. The Bertz CT molecular complexity index is 1180. The number of hydrogen-bond acceptors (Lipinski definition) is 8. The van der Waals surface area contributed by atoms with Gasteiger partial charge in [0.15, 0.2) is 0 Å². The van der Waals surface area contributed by atoms with E-state index in [1.807, 2.05) is 36.8 Å². The molecule has 0 saturated heterocycles. The highest BCUT2D eigenvalue weighted by Gasteiger charge is 2.30. The summed E-state index contributed by atoms with van der Waals surface area (Å²) in [4.78, 5) is 65.6. The van der Waals surface area contributed by atoms with Gasteiger partial charge in [-0.2, -0.15) is 23.5 Å². The number of rotatable bonds is 18. The molecule has 1 aromatic carbocycles. The first-order valence-electron chi connectivity index (χ1n) is 12.8. The molecule has 40 heavy (non-hydrogen) atoms. The van der Waals surface area contributed by atoms with Gasteiger partial charge in [-0.15, -0.1) is 0 Å². The minimum absolute atomic E-state index is 0.0120. The third-order valence-corrected chi connectivity index (χ3v) is 7.53. The van der Waals surface area contributed by atoms with Crippen LogP contribution < -0.4 is 27.4 Å². The first-order chi connectivity index (χ1) is 19.1. The number of H-pyrrole nitrogens is 1. The van der Waals surface area contributed by atoms with E-state index >= 15 is 0 Å². The average Bonchev–Trinajstić information content (AvgIpc) is 3.33. The summed E-state index contributed by atoms with van der Waals surface area (Å²) >= 11 is 3.02. The number of carbonyl (C=O) groups excluding carboxylic acids is 4. The Labute approximate surface area is 241 Å². The van der Waals surface area contributed by atoms with E-state index in [0.29, 0.717) is 23.5 Å². The molecule has 1 heterocycles. The number of nitrogens with one attached hydrogen (secondary N) is 4. The Hall–Kier alpha value is -3.23. The molecule has 4 unspecified atom stereocenters. The highest BCUT2D eigenvalue weighted by molar-refractivity contribution is 7.98. The van der Waals surface area contributed by atoms with Gasteiger partial charge in [0.2, 0.25) is 23.6 Å². The van der Waals surface area contributed by atoms with Crippen LogP contribution in [-0.2, 0) is 30.4 Å². The summed E-state index contributed by atoms with van der Waals surface area (Å²) in [7, 11) is 0. The van der Waals surface area contributed by atoms with Gasteiger partial charge in [0.05, 0.1) is 6.04 Å². The van der Waals surface area contributed by atoms with Gasteiger partial charge in [-0.25, -0.2) is 4.79 Å². The molecule has 12 nitrogen and oxygen atoms in total. The third-order valence-electron chi connectivity index (χ3n) is 6.24. The van der Waals surface area contributed by atoms with Crippen LogP contribution in [0.5, 0.6) is 0 Å². The second-order valence-corrected chi connectivity index (χ2v) is 11.2. The monoisotopic (exact) mass is 594 g/mol. The summed E-state index contributed by atoms with van der Waals surface area (Å²) in [5, 5.41) is 18.4. The molecule has 0 bridgehead atoms. The summed E-state index contributed by atoms with van der Waals surface area (Å²) in [6, 6.07) is 3.02. The van der Waals surface area contributed by atoms with Gasteiger partial charge >= 0.3 is 5.97 Å². The number of aromatic nitrogens is 1. The lowest BCUT2D eigenvalue weighted by molar-refractivity contribution is -0.142. The van der Waals surface area contributed by atoms with Crippen LogP contribution in [0.1, 0.15) is 31.2 Å². The van der Waals surface area contributed by atoms with Gasteiger partial charge in [-0.05, 0) is 54.9 Å². The fraction of sp³-hybridized carbons (Fsp3) is 0.500. The van der Waals surface area contributed by atoms with Crippen molar-refractivity contribution in [1.29, 1.82) is 0 Å². The number of carbonyl (C=O) groups is 5. The normalized spacial score (nSPS) is 14.1. The smallest absolute Gasteiger partial charge is 0.326 e. The lowest BCUT2D eigenvalue weighted by atomic mass is 10.0. The van der Waals surface area contributed by atoms with E-state index in [0.717, 1.165) is 10.9 Å². The Balaban J connectivity index is 2.17. The molecule has 0 radical (unpaired) electrons. The number of hydrogen-bond donors (Lipinski definition) is 7. The number of amides is 4. The Morgan fingerprint density at radius 2 is 1.45 bits per heavy atom. The third kappa shape index (κ3) is 10.4. The van der Waals surface area contributed by atoms with E-state index in [9.17, 15) is 29.1 Å². The maximum absolute atomic E-state index is 13.2. The molecule has 2 rings (SSSR count). The van der Waals surface area contributed by atoms with Gasteiger partial charge in [0, 0.05) is 29.9 Å². The van der Waals surface area contributed by atoms with Crippen LogP contribution in [0.3, 0.4) is 0 Å². The average molecular weight is 595 g/mol. The summed E-state index contributed by atoms with van der Waals surface area (Å²) < 4.78 is 0. The molecule has 14 heteroatoms. The number of para-hydroxylation sites is 1. The lowest BCUT2D eigenvalue weighted by Gasteiger charge is -2.25. The highest BCUT2D eigenvalue weighted by Crippen LogP contribution is 2.19. The summed E-state index contributed by atoms with van der Waals surface area (Å²) in [6.45, 7) is 0. The van der Waals surface area contributed by atoms with Gasteiger partial charge in [0.25, 0.3) is 0 Å². The van der Waals surface area contributed by atoms with Crippen molar-refractivity contribution in [3.8, 4) is 0 Å². The number of carboxylic acids is 1. The summed E-state index contributed by atoms with van der Waals surface area (Å²) in [5.74, 6) is -2.65. The number of fused-ring (bicyclic) bond motifs is 1. The zero-order chi connectivity index (χ0) is 29.7. The summed E-state index contributed by atoms with van der Waals surface area (Å²) in [5.41, 5.74) is 12.7. The molecule has 0 aliphatic carbocycles. The molecule has 0 saturated carbocycles. The SMILES string of the molecule is CSCCC(N)C(=O)NC(CCSC)C(=O)NC(CCC(N)=O)C(=O)NC(Cc1c[nH]c2ccccc12)C(=O)O. The van der Waals surface area contributed by atoms with Crippen LogP contribution in [0.25, 0.3) is 10.9 Å². The predicted octanol–water partition coefficient (Wildman–Crippen LogP) is 0.348. The van der Waals surface area contributed by atoms with Crippen molar-refractivity contribution in [2.75, 3.05) is 24.0 Å². The number of thioether (sulfide) groups is 2. The zero-order valence-electron chi connectivity index (χ0n) is 22.6. The second-order valence-electron chi connectivity index (χ2n) is 9.26. The van der Waals surface area contributed by atoms with Gasteiger partial charge < -0.3 is 37.5 Å². The topological polar surface area (TPSA) is 209 Å². The first-order valence-corrected chi connectivity index (χ1v) is 15.6. The van der Waals surface area contributed by atoms with Gasteiger partial charge in [-0.3, -0.25) is 19.2 Å². The number of aromatic amines is 1. The summed E-state index contributed by atoms with van der Waals surface area (Å²) in [6.07, 6.45) is 5.75. The molecule has 2 aromatic rings. The van der Waals surface area contributed by atoms with Crippen LogP contribution in [0.15, 0.2) is 30.5 Å². The Kier molecular flexibility index (Phi) is 13.8. The van der Waals surface area contributed by atoms with E-state index in [4.69, 9.17) is 11.5 Å². The molecule has 220 valence electrons. The maximum atomic E-state index is 13.2. The van der Waals surface area contributed by atoms with Crippen LogP contribution >= 0.6 is 23.5 Å². The Morgan fingerprint density at radius 1 is 0.875 bits per heavy atom. The standard InChI is InChI=1S/C26H38N6O6S2/c1-39-11-9-17(27)23(34)30-20(10-12-40-2)25(36)31-19(7-8-22(28)33)24(35)32-21(26(37)38)13-15-14-29-18-6-4-3-5-16(15)18/h3-6,14,17,19-21,29H,7-13,27H2,1-2H3,(H2,28,33)(H,30,34)(H,31,36)(H,32,35)(H,37,38). The molecule has 9 N–H and O–H groups in total. The van der Waals surface area contributed by atoms with Gasteiger partial charge in [0.1, 0.15) is 18.1 Å². The maximum Gasteiger partial charge on any atom is 0.326 e. The van der Waals surface area contributed by atoms with Crippen LogP contribution in [-0.4, -0.2) is 87.9 Å². The molecular weight excluding hydrogens is 556 g/mol. The van der Waals surface area contributed by atoms with Crippen molar-refractivity contribution in [2.45, 2.75) is 56.3 Å². The van der Waals surface area contributed by atoms with E-state index in [2.05, 4.69) is 20.9 Å². The van der Waals surface area contributed by atoms with Crippen molar-refractivity contribution < 1.29 is 29.1 Å². The Morgan fingerprint density at radius 3 is 2.08 bits per heavy atom. The molecule has 1 aromatic heterocycles. The molecule has 0 spiro atoms. The van der Waals surface area contributed by atoms with E-state index in [1.165, 1.54) is 11.8 Å². The molecule has 0 aliphatic heterocycles. The fourth-order valence-corrected chi connectivity index (χ4v) is 4.94. The number of nitrogens with two attached hydrogens (primary N) is 2. The molecule has 0 aliphatic rings. The van der Waals surface area contributed by atoms with Crippen LogP contribution in [0.4, 0.5) is 0 Å². The number of carboxylic acid groups (broad SMARTS) is 1.